The third-order valence-electron chi connectivity index (χ3n) is 3.96. The molecule has 1 amide bonds. The number of likely N-dealkylation sites (N-methyl/N-ethyl adjacent to an activating group) is 1. The van der Waals surface area contributed by atoms with Crippen LogP contribution in [0.5, 0.6) is 0 Å². The highest BCUT2D eigenvalue weighted by Gasteiger charge is 2.38. The minimum absolute atomic E-state index is 0.383. The summed E-state index contributed by atoms with van der Waals surface area (Å²) in [5.74, 6) is -1.32. The van der Waals surface area contributed by atoms with Gasteiger partial charge in [0.05, 0.1) is 17.8 Å². The van der Waals surface area contributed by atoms with Crippen molar-refractivity contribution in [2.75, 3.05) is 13.6 Å². The third-order valence-corrected chi connectivity index (χ3v) is 3.96. The zero-order valence-electron chi connectivity index (χ0n) is 12.4. The summed E-state index contributed by atoms with van der Waals surface area (Å²) in [5, 5.41) is 8.04. The van der Waals surface area contributed by atoms with Crippen molar-refractivity contribution in [2.45, 2.75) is 18.8 Å². The molecule has 1 fully saturated rings. The first kappa shape index (κ1) is 14.4. The lowest BCUT2D eigenvalue weighted by atomic mass is 10.00. The van der Waals surface area contributed by atoms with Crippen LogP contribution in [0.25, 0.3) is 0 Å². The van der Waals surface area contributed by atoms with Gasteiger partial charge in [-0.2, -0.15) is 10.2 Å². The summed E-state index contributed by atoms with van der Waals surface area (Å²) in [6.07, 6.45) is 3.46. The van der Waals surface area contributed by atoms with Gasteiger partial charge in [-0.15, -0.1) is 0 Å². The molecule has 0 bridgehead atoms. The monoisotopic (exact) mass is 295 g/mol. The predicted molar refractivity (Wildman–Crippen MR) is 81.3 cm³/mol. The first-order valence-electron chi connectivity index (χ1n) is 7.30. The molecule has 0 spiro atoms. The fourth-order valence-corrected chi connectivity index (χ4v) is 2.67. The van der Waals surface area contributed by atoms with Crippen LogP contribution in [0.2, 0.25) is 0 Å². The molecule has 5 heteroatoms. The fourth-order valence-electron chi connectivity index (χ4n) is 2.67. The molecule has 1 aliphatic rings. The number of likely N-dealkylation sites (tertiary alicyclic amines) is 1. The van der Waals surface area contributed by atoms with E-state index in [2.05, 4.69) is 22.3 Å². The minimum Gasteiger partial charge on any atom is -0.338 e. The number of hydrogen-bond donors (Lipinski definition) is 0. The number of hydrogen-bond acceptors (Lipinski definition) is 4. The van der Waals surface area contributed by atoms with E-state index in [1.54, 1.807) is 13.2 Å². The SMILES string of the molecule is CN1CC(c2cc(CCc3ccccc3)cnn2)C(=O)C1=O. The lowest BCUT2D eigenvalue weighted by molar-refractivity contribution is -0.139. The molecule has 1 unspecified atom stereocenters. The topological polar surface area (TPSA) is 63.2 Å². The Morgan fingerprint density at radius 2 is 1.86 bits per heavy atom. The van der Waals surface area contributed by atoms with E-state index in [9.17, 15) is 9.59 Å². The highest BCUT2D eigenvalue weighted by atomic mass is 16.2. The molecule has 1 aliphatic heterocycles. The fraction of sp³-hybridized carbons (Fsp3) is 0.294. The van der Waals surface area contributed by atoms with Crippen molar-refractivity contribution >= 4 is 11.7 Å². The first-order chi connectivity index (χ1) is 10.6. The van der Waals surface area contributed by atoms with Crippen LogP contribution in [0.15, 0.2) is 42.6 Å². The summed E-state index contributed by atoms with van der Waals surface area (Å²) in [5.41, 5.74) is 2.88. The number of Topliss-reactive ketones (excluding diaryl/α,β-unsaturated/α-hetero) is 1. The Kier molecular flexibility index (Phi) is 3.96. The Morgan fingerprint density at radius 1 is 1.14 bits per heavy atom. The molecular formula is C17H17N3O2. The van der Waals surface area contributed by atoms with Gasteiger partial charge in [0, 0.05) is 13.6 Å². The molecule has 0 radical (unpaired) electrons. The molecule has 0 saturated carbocycles. The summed E-state index contributed by atoms with van der Waals surface area (Å²) in [6, 6.07) is 12.1. The van der Waals surface area contributed by atoms with Gasteiger partial charge in [0.15, 0.2) is 0 Å². The van der Waals surface area contributed by atoms with E-state index >= 15 is 0 Å². The van der Waals surface area contributed by atoms with Crippen molar-refractivity contribution in [3.8, 4) is 0 Å². The van der Waals surface area contributed by atoms with Gasteiger partial charge in [0.2, 0.25) is 5.78 Å². The number of rotatable bonds is 4. The average molecular weight is 295 g/mol. The zero-order valence-corrected chi connectivity index (χ0v) is 12.4. The van der Waals surface area contributed by atoms with Crippen molar-refractivity contribution in [1.82, 2.24) is 15.1 Å². The number of carbonyl (C=O) groups is 2. The maximum absolute atomic E-state index is 11.9. The summed E-state index contributed by atoms with van der Waals surface area (Å²) in [4.78, 5) is 25.0. The Hall–Kier alpha value is -2.56. The summed E-state index contributed by atoms with van der Waals surface area (Å²) in [7, 11) is 1.63. The van der Waals surface area contributed by atoms with Gasteiger partial charge in [-0.25, -0.2) is 0 Å². The molecule has 22 heavy (non-hydrogen) atoms. The largest absolute Gasteiger partial charge is 0.338 e. The standard InChI is InChI=1S/C17H17N3O2/c1-20-11-14(16(21)17(20)22)15-9-13(10-18-19-15)8-7-12-5-3-2-4-6-12/h2-6,9-10,14H,7-8,11H2,1H3. The molecule has 1 atom stereocenters. The van der Waals surface area contributed by atoms with E-state index in [-0.39, 0.29) is 0 Å². The maximum atomic E-state index is 11.9. The molecule has 112 valence electrons. The van der Waals surface area contributed by atoms with Crippen LogP contribution in [0.3, 0.4) is 0 Å². The van der Waals surface area contributed by atoms with Gasteiger partial charge in [-0.3, -0.25) is 9.59 Å². The molecule has 1 aromatic heterocycles. The second-order valence-electron chi connectivity index (χ2n) is 5.58. The van der Waals surface area contributed by atoms with Gasteiger partial charge < -0.3 is 4.90 Å². The second-order valence-corrected chi connectivity index (χ2v) is 5.58. The number of aryl methyl sites for hydroxylation is 2. The summed E-state index contributed by atoms with van der Waals surface area (Å²) in [6.45, 7) is 0.383. The van der Waals surface area contributed by atoms with Crippen LogP contribution in [0.1, 0.15) is 22.7 Å². The van der Waals surface area contributed by atoms with Gasteiger partial charge >= 0.3 is 0 Å². The van der Waals surface area contributed by atoms with Crippen molar-refractivity contribution < 1.29 is 9.59 Å². The number of carbonyl (C=O) groups excluding carboxylic acids is 2. The molecule has 2 aromatic rings. The van der Waals surface area contributed by atoms with Crippen LogP contribution in [-0.2, 0) is 22.4 Å². The van der Waals surface area contributed by atoms with E-state index in [1.807, 2.05) is 24.3 Å². The summed E-state index contributed by atoms with van der Waals surface area (Å²) < 4.78 is 0. The van der Waals surface area contributed by atoms with Crippen molar-refractivity contribution in [1.29, 1.82) is 0 Å². The lowest BCUT2D eigenvalue weighted by Gasteiger charge is -2.09. The normalized spacial score (nSPS) is 18.0. The van der Waals surface area contributed by atoms with E-state index in [0.717, 1.165) is 18.4 Å². The minimum atomic E-state index is -0.485. The van der Waals surface area contributed by atoms with E-state index in [4.69, 9.17) is 0 Å². The smallest absolute Gasteiger partial charge is 0.290 e. The molecule has 3 rings (SSSR count). The summed E-state index contributed by atoms with van der Waals surface area (Å²) >= 11 is 0. The highest BCUT2D eigenvalue weighted by Crippen LogP contribution is 2.23. The highest BCUT2D eigenvalue weighted by molar-refractivity contribution is 6.40. The van der Waals surface area contributed by atoms with Crippen LogP contribution < -0.4 is 0 Å². The molecular weight excluding hydrogens is 278 g/mol. The quantitative estimate of drug-likeness (QED) is 0.800. The first-order valence-corrected chi connectivity index (χ1v) is 7.30. The van der Waals surface area contributed by atoms with Gasteiger partial charge in [-0.1, -0.05) is 30.3 Å². The van der Waals surface area contributed by atoms with E-state index in [1.165, 1.54) is 10.5 Å². The van der Waals surface area contributed by atoms with Crippen molar-refractivity contribution in [3.05, 3.63) is 59.4 Å². The van der Waals surface area contributed by atoms with Crippen LogP contribution in [-0.4, -0.2) is 40.4 Å². The zero-order chi connectivity index (χ0) is 15.5. The Balaban J connectivity index is 1.73. The Morgan fingerprint density at radius 3 is 2.55 bits per heavy atom. The molecule has 2 heterocycles. The van der Waals surface area contributed by atoms with Gasteiger partial charge in [-0.05, 0) is 30.0 Å². The van der Waals surface area contributed by atoms with Crippen molar-refractivity contribution in [2.24, 2.45) is 0 Å². The Bertz CT molecular complexity index is 700. The number of ketones is 1. The van der Waals surface area contributed by atoms with E-state index < -0.39 is 17.6 Å². The number of aromatic nitrogens is 2. The number of nitrogens with zero attached hydrogens (tertiary/aromatic N) is 3. The maximum Gasteiger partial charge on any atom is 0.290 e. The molecule has 0 N–H and O–H groups in total. The molecule has 5 nitrogen and oxygen atoms in total. The molecule has 1 saturated heterocycles. The van der Waals surface area contributed by atoms with Crippen LogP contribution in [0.4, 0.5) is 0 Å². The van der Waals surface area contributed by atoms with Gasteiger partial charge in [0.1, 0.15) is 0 Å². The molecule has 0 aliphatic carbocycles. The number of amides is 1. The lowest BCUT2D eigenvalue weighted by Crippen LogP contribution is -2.22. The van der Waals surface area contributed by atoms with Crippen LogP contribution in [0, 0.1) is 0 Å². The molecule has 1 aromatic carbocycles. The van der Waals surface area contributed by atoms with Crippen LogP contribution >= 0.6 is 0 Å². The third kappa shape index (κ3) is 2.88. The van der Waals surface area contributed by atoms with E-state index in [0.29, 0.717) is 12.2 Å². The van der Waals surface area contributed by atoms with Crippen molar-refractivity contribution in [3.63, 3.8) is 0 Å². The second kappa shape index (κ2) is 6.05. The van der Waals surface area contributed by atoms with Gasteiger partial charge in [0.25, 0.3) is 5.91 Å². The average Bonchev–Trinajstić information content (AvgIpc) is 2.82. The Labute approximate surface area is 129 Å². The predicted octanol–water partition coefficient (Wildman–Crippen LogP) is 1.39. The number of benzene rings is 1.